The summed E-state index contributed by atoms with van der Waals surface area (Å²) >= 11 is 0. The second kappa shape index (κ2) is 3.43. The Hall–Kier alpha value is -1.58. The van der Waals surface area contributed by atoms with Crippen LogP contribution in [0.1, 0.15) is 6.42 Å². The topological polar surface area (TPSA) is 43.1 Å². The van der Waals surface area contributed by atoms with Gasteiger partial charge in [0.2, 0.25) is 5.82 Å². The lowest BCUT2D eigenvalue weighted by molar-refractivity contribution is -0.608. The van der Waals surface area contributed by atoms with Crippen LogP contribution in [0.4, 0.5) is 5.82 Å². The van der Waals surface area contributed by atoms with Gasteiger partial charge in [0.1, 0.15) is 0 Å². The molecule has 0 bridgehead atoms. The zero-order chi connectivity index (χ0) is 9.10. The van der Waals surface area contributed by atoms with Crippen molar-refractivity contribution in [3.8, 4) is 0 Å². The fourth-order valence-electron chi connectivity index (χ4n) is 1.37. The van der Waals surface area contributed by atoms with Gasteiger partial charge in [-0.15, -0.1) is 0 Å². The molecule has 4 nitrogen and oxygen atoms in total. The van der Waals surface area contributed by atoms with Crippen LogP contribution in [0.25, 0.3) is 0 Å². The molecule has 2 rings (SSSR count). The Morgan fingerprint density at radius 1 is 1.46 bits per heavy atom. The molecule has 0 atom stereocenters. The van der Waals surface area contributed by atoms with Gasteiger partial charge in [0.25, 0.3) is 6.33 Å². The van der Waals surface area contributed by atoms with Crippen LogP contribution in [0, 0.1) is 5.21 Å². The fraction of sp³-hybridized carbons (Fsp3) is 0.333. The Morgan fingerprint density at radius 2 is 2.38 bits per heavy atom. The SMILES string of the molecule is [O-][n+]1ccc(N2CC=CCC2)nc1. The smallest absolute Gasteiger partial charge is 0.291 e. The highest BCUT2D eigenvalue weighted by Gasteiger charge is 2.11. The van der Waals surface area contributed by atoms with Gasteiger partial charge < -0.3 is 10.1 Å². The van der Waals surface area contributed by atoms with Gasteiger partial charge in [-0.2, -0.15) is 0 Å². The molecule has 4 heteroatoms. The van der Waals surface area contributed by atoms with Gasteiger partial charge in [0.15, 0.2) is 0 Å². The third kappa shape index (κ3) is 1.77. The Morgan fingerprint density at radius 3 is 3.00 bits per heavy atom. The van der Waals surface area contributed by atoms with E-state index in [9.17, 15) is 5.21 Å². The summed E-state index contributed by atoms with van der Waals surface area (Å²) in [6.45, 7) is 1.86. The van der Waals surface area contributed by atoms with Crippen molar-refractivity contribution < 1.29 is 4.73 Å². The Balaban J connectivity index is 2.15. The fourth-order valence-corrected chi connectivity index (χ4v) is 1.37. The van der Waals surface area contributed by atoms with E-state index < -0.39 is 0 Å². The lowest BCUT2D eigenvalue weighted by Crippen LogP contribution is -2.31. The normalized spacial score (nSPS) is 16.2. The van der Waals surface area contributed by atoms with Crippen molar-refractivity contribution in [2.24, 2.45) is 0 Å². The Labute approximate surface area is 76.7 Å². The average molecular weight is 177 g/mol. The van der Waals surface area contributed by atoms with E-state index in [4.69, 9.17) is 0 Å². The molecule has 13 heavy (non-hydrogen) atoms. The number of hydrogen-bond donors (Lipinski definition) is 0. The lowest BCUT2D eigenvalue weighted by atomic mass is 10.2. The first kappa shape index (κ1) is 8.04. The predicted octanol–water partition coefficient (Wildman–Crippen LogP) is 0.481. The van der Waals surface area contributed by atoms with Crippen LogP contribution in [0.3, 0.4) is 0 Å². The zero-order valence-electron chi connectivity index (χ0n) is 7.26. The molecule has 68 valence electrons. The summed E-state index contributed by atoms with van der Waals surface area (Å²) in [6, 6.07) is 1.74. The molecule has 0 amide bonds. The standard InChI is InChI=1S/C9H11N3O/c13-12-7-4-9(10-8-12)11-5-2-1-3-6-11/h1-2,4,7-8H,3,5-6H2. The molecule has 0 unspecified atom stereocenters. The van der Waals surface area contributed by atoms with E-state index in [1.54, 1.807) is 6.07 Å². The first-order valence-corrected chi connectivity index (χ1v) is 4.31. The maximum atomic E-state index is 10.7. The van der Waals surface area contributed by atoms with Crippen molar-refractivity contribution in [2.75, 3.05) is 18.0 Å². The van der Waals surface area contributed by atoms with Gasteiger partial charge in [-0.3, -0.25) is 0 Å². The minimum absolute atomic E-state index is 0.698. The van der Waals surface area contributed by atoms with E-state index >= 15 is 0 Å². The van der Waals surface area contributed by atoms with Crippen LogP contribution >= 0.6 is 0 Å². The number of nitrogens with zero attached hydrogens (tertiary/aromatic N) is 3. The van der Waals surface area contributed by atoms with E-state index in [1.165, 1.54) is 12.5 Å². The van der Waals surface area contributed by atoms with Crippen LogP contribution in [0.15, 0.2) is 30.7 Å². The highest BCUT2D eigenvalue weighted by Crippen LogP contribution is 2.11. The van der Waals surface area contributed by atoms with E-state index in [2.05, 4.69) is 22.0 Å². The van der Waals surface area contributed by atoms with Crippen molar-refractivity contribution in [3.63, 3.8) is 0 Å². The molecule has 1 aliphatic rings. The molecule has 0 aromatic carbocycles. The first-order chi connectivity index (χ1) is 6.36. The van der Waals surface area contributed by atoms with E-state index in [-0.39, 0.29) is 0 Å². The Kier molecular flexibility index (Phi) is 2.12. The van der Waals surface area contributed by atoms with Gasteiger partial charge in [-0.25, -0.2) is 4.73 Å². The minimum Gasteiger partial charge on any atom is -0.711 e. The molecule has 1 aliphatic heterocycles. The van der Waals surface area contributed by atoms with Gasteiger partial charge in [0, 0.05) is 19.2 Å². The van der Waals surface area contributed by atoms with Crippen LogP contribution in [-0.4, -0.2) is 18.1 Å². The van der Waals surface area contributed by atoms with Crippen molar-refractivity contribution in [1.82, 2.24) is 4.98 Å². The molecule has 0 aliphatic carbocycles. The van der Waals surface area contributed by atoms with Gasteiger partial charge in [-0.1, -0.05) is 12.2 Å². The van der Waals surface area contributed by atoms with Crippen molar-refractivity contribution in [2.45, 2.75) is 6.42 Å². The van der Waals surface area contributed by atoms with E-state index in [0.717, 1.165) is 25.3 Å². The predicted molar refractivity (Wildman–Crippen MR) is 49.2 cm³/mol. The number of rotatable bonds is 1. The Bertz CT molecular complexity index is 307. The molecule has 1 aromatic rings. The van der Waals surface area contributed by atoms with Gasteiger partial charge in [-0.05, 0) is 11.4 Å². The summed E-state index contributed by atoms with van der Waals surface area (Å²) in [7, 11) is 0. The van der Waals surface area contributed by atoms with Crippen molar-refractivity contribution in [1.29, 1.82) is 0 Å². The molecule has 0 spiro atoms. The first-order valence-electron chi connectivity index (χ1n) is 4.31. The maximum absolute atomic E-state index is 10.7. The molecule has 0 saturated carbocycles. The lowest BCUT2D eigenvalue weighted by Gasteiger charge is -2.21. The number of hydrogen-bond acceptors (Lipinski definition) is 3. The molecule has 0 saturated heterocycles. The molecular weight excluding hydrogens is 166 g/mol. The number of anilines is 1. The molecule has 0 fully saturated rings. The van der Waals surface area contributed by atoms with E-state index in [0.29, 0.717) is 4.73 Å². The summed E-state index contributed by atoms with van der Waals surface area (Å²) in [5.74, 6) is 0.872. The summed E-state index contributed by atoms with van der Waals surface area (Å²) in [5.41, 5.74) is 0. The van der Waals surface area contributed by atoms with Crippen molar-refractivity contribution in [3.05, 3.63) is 35.9 Å². The minimum atomic E-state index is 0.698. The molecule has 2 heterocycles. The molecule has 1 aromatic heterocycles. The van der Waals surface area contributed by atoms with Crippen LogP contribution in [0.2, 0.25) is 0 Å². The second-order valence-corrected chi connectivity index (χ2v) is 2.98. The summed E-state index contributed by atoms with van der Waals surface area (Å²) in [4.78, 5) is 6.18. The largest absolute Gasteiger partial charge is 0.711 e. The van der Waals surface area contributed by atoms with Crippen LogP contribution in [-0.2, 0) is 0 Å². The third-order valence-corrected chi connectivity index (χ3v) is 2.06. The zero-order valence-corrected chi connectivity index (χ0v) is 7.26. The summed E-state index contributed by atoms with van der Waals surface area (Å²) in [5, 5.41) is 10.7. The van der Waals surface area contributed by atoms with Crippen LogP contribution < -0.4 is 9.63 Å². The molecule has 0 N–H and O–H groups in total. The van der Waals surface area contributed by atoms with Gasteiger partial charge in [0.05, 0.1) is 6.20 Å². The van der Waals surface area contributed by atoms with Crippen LogP contribution in [0.5, 0.6) is 0 Å². The highest BCUT2D eigenvalue weighted by molar-refractivity contribution is 5.37. The number of aromatic nitrogens is 2. The maximum Gasteiger partial charge on any atom is 0.291 e. The van der Waals surface area contributed by atoms with Crippen molar-refractivity contribution >= 4 is 5.82 Å². The van der Waals surface area contributed by atoms with E-state index in [1.807, 2.05) is 0 Å². The average Bonchev–Trinajstić information content (AvgIpc) is 2.20. The second-order valence-electron chi connectivity index (χ2n) is 2.98. The molecule has 0 radical (unpaired) electrons. The summed E-state index contributed by atoms with van der Waals surface area (Å²) in [6.07, 6.45) is 8.08. The monoisotopic (exact) mass is 177 g/mol. The third-order valence-electron chi connectivity index (χ3n) is 2.06. The quantitative estimate of drug-likeness (QED) is 0.356. The highest BCUT2D eigenvalue weighted by atomic mass is 16.5. The summed E-state index contributed by atoms with van der Waals surface area (Å²) < 4.78 is 0.698. The molecular formula is C9H11N3O. The van der Waals surface area contributed by atoms with Gasteiger partial charge >= 0.3 is 0 Å².